The number of rotatable bonds is 2. The zero-order chi connectivity index (χ0) is 11.5. The summed E-state index contributed by atoms with van der Waals surface area (Å²) in [6.45, 7) is 0. The largest absolute Gasteiger partial charge is 0.355 e. The molecule has 82 valence electrons. The molecule has 1 N–H and O–H groups in total. The summed E-state index contributed by atoms with van der Waals surface area (Å²) in [6, 6.07) is 20.8. The van der Waals surface area contributed by atoms with Gasteiger partial charge in [-0.1, -0.05) is 54.6 Å². The van der Waals surface area contributed by atoms with Gasteiger partial charge in [0.15, 0.2) is 0 Å². The molecule has 0 amide bonds. The smallest absolute Gasteiger partial charge is 0.0458 e. The standard InChI is InChI=1S/C16H13N/c1-2-6-13(7-3-1)10-11-15-12-14-8-4-5-9-16(14)17-15/h1-12,17H/b11-10+. The average molecular weight is 219 g/mol. The molecule has 2 aromatic carbocycles. The molecular formula is C16H13N. The number of aromatic amines is 1. The summed E-state index contributed by atoms with van der Waals surface area (Å²) in [5.41, 5.74) is 3.53. The molecule has 0 spiro atoms. The van der Waals surface area contributed by atoms with Gasteiger partial charge in [-0.15, -0.1) is 0 Å². The first-order chi connectivity index (χ1) is 8.42. The van der Waals surface area contributed by atoms with Crippen LogP contribution in [0.4, 0.5) is 0 Å². The molecule has 1 heterocycles. The van der Waals surface area contributed by atoms with Crippen molar-refractivity contribution in [2.24, 2.45) is 0 Å². The van der Waals surface area contributed by atoms with Gasteiger partial charge in [-0.05, 0) is 29.2 Å². The zero-order valence-electron chi connectivity index (χ0n) is 9.43. The Balaban J connectivity index is 1.92. The van der Waals surface area contributed by atoms with Gasteiger partial charge in [0.1, 0.15) is 0 Å². The number of para-hydroxylation sites is 1. The van der Waals surface area contributed by atoms with Crippen LogP contribution in [0.3, 0.4) is 0 Å². The van der Waals surface area contributed by atoms with Gasteiger partial charge >= 0.3 is 0 Å². The fourth-order valence-electron chi connectivity index (χ4n) is 1.94. The lowest BCUT2D eigenvalue weighted by Crippen LogP contribution is -1.71. The highest BCUT2D eigenvalue weighted by atomic mass is 14.7. The Labute approximate surface area is 100 Å². The Kier molecular flexibility index (Phi) is 2.51. The lowest BCUT2D eigenvalue weighted by atomic mass is 10.2. The summed E-state index contributed by atoms with van der Waals surface area (Å²) >= 11 is 0. The minimum Gasteiger partial charge on any atom is -0.355 e. The van der Waals surface area contributed by atoms with E-state index in [0.717, 1.165) is 5.69 Å². The van der Waals surface area contributed by atoms with Crippen molar-refractivity contribution in [3.05, 3.63) is 71.9 Å². The monoisotopic (exact) mass is 219 g/mol. The normalized spacial score (nSPS) is 11.3. The average Bonchev–Trinajstić information content (AvgIpc) is 2.80. The molecule has 1 aromatic heterocycles. The summed E-state index contributed by atoms with van der Waals surface area (Å²) in [7, 11) is 0. The van der Waals surface area contributed by atoms with Crippen LogP contribution in [0, 0.1) is 0 Å². The molecule has 3 aromatic rings. The third kappa shape index (κ3) is 2.13. The Bertz CT molecular complexity index is 614. The molecule has 0 aliphatic rings. The molecule has 0 aliphatic carbocycles. The van der Waals surface area contributed by atoms with Crippen molar-refractivity contribution in [1.29, 1.82) is 0 Å². The highest BCUT2D eigenvalue weighted by molar-refractivity contribution is 5.84. The summed E-state index contributed by atoms with van der Waals surface area (Å²) < 4.78 is 0. The molecule has 0 saturated carbocycles. The van der Waals surface area contributed by atoms with E-state index in [0.29, 0.717) is 0 Å². The predicted molar refractivity (Wildman–Crippen MR) is 73.7 cm³/mol. The molecule has 1 nitrogen and oxygen atoms in total. The molecule has 0 aliphatic heterocycles. The van der Waals surface area contributed by atoms with E-state index in [4.69, 9.17) is 0 Å². The molecule has 0 atom stereocenters. The van der Waals surface area contributed by atoms with Crippen LogP contribution < -0.4 is 0 Å². The number of hydrogen-bond donors (Lipinski definition) is 1. The van der Waals surface area contributed by atoms with E-state index < -0.39 is 0 Å². The van der Waals surface area contributed by atoms with E-state index in [1.54, 1.807) is 0 Å². The summed E-state index contributed by atoms with van der Waals surface area (Å²) in [4.78, 5) is 3.38. The van der Waals surface area contributed by atoms with Crippen LogP contribution in [0.1, 0.15) is 11.3 Å². The molecule has 0 radical (unpaired) electrons. The first-order valence-corrected chi connectivity index (χ1v) is 5.73. The van der Waals surface area contributed by atoms with E-state index in [-0.39, 0.29) is 0 Å². The third-order valence-corrected chi connectivity index (χ3v) is 2.81. The summed E-state index contributed by atoms with van der Waals surface area (Å²) in [5.74, 6) is 0. The number of nitrogens with one attached hydrogen (secondary N) is 1. The lowest BCUT2D eigenvalue weighted by molar-refractivity contribution is 1.43. The quantitative estimate of drug-likeness (QED) is 0.660. The van der Waals surface area contributed by atoms with E-state index in [2.05, 4.69) is 53.5 Å². The Morgan fingerprint density at radius 2 is 1.53 bits per heavy atom. The number of fused-ring (bicyclic) bond motifs is 1. The van der Waals surface area contributed by atoms with Gasteiger partial charge < -0.3 is 4.98 Å². The summed E-state index contributed by atoms with van der Waals surface area (Å²) in [5, 5.41) is 1.25. The van der Waals surface area contributed by atoms with E-state index in [1.165, 1.54) is 16.5 Å². The molecule has 1 heteroatoms. The van der Waals surface area contributed by atoms with Crippen molar-refractivity contribution >= 4 is 23.1 Å². The van der Waals surface area contributed by atoms with Crippen LogP contribution in [0.5, 0.6) is 0 Å². The van der Waals surface area contributed by atoms with Crippen LogP contribution in [0.15, 0.2) is 60.7 Å². The molecule has 0 bridgehead atoms. The maximum atomic E-state index is 3.38. The van der Waals surface area contributed by atoms with Gasteiger partial charge in [0.05, 0.1) is 0 Å². The SMILES string of the molecule is C(=C\c1cc2ccccc2[nH]1)/c1ccccc1. The van der Waals surface area contributed by atoms with Gasteiger partial charge in [-0.2, -0.15) is 0 Å². The van der Waals surface area contributed by atoms with Gasteiger partial charge in [0, 0.05) is 11.2 Å². The molecular weight excluding hydrogens is 206 g/mol. The van der Waals surface area contributed by atoms with Crippen molar-refractivity contribution in [2.75, 3.05) is 0 Å². The van der Waals surface area contributed by atoms with Gasteiger partial charge in [-0.25, -0.2) is 0 Å². The second-order valence-electron chi connectivity index (χ2n) is 4.06. The first kappa shape index (κ1) is 9.91. The van der Waals surface area contributed by atoms with Crippen LogP contribution in [0.25, 0.3) is 23.1 Å². The van der Waals surface area contributed by atoms with Gasteiger partial charge in [0.2, 0.25) is 0 Å². The number of aromatic nitrogens is 1. The van der Waals surface area contributed by atoms with Crippen LogP contribution >= 0.6 is 0 Å². The predicted octanol–water partition coefficient (Wildman–Crippen LogP) is 4.34. The van der Waals surface area contributed by atoms with Crippen LogP contribution in [-0.2, 0) is 0 Å². The van der Waals surface area contributed by atoms with Crippen molar-refractivity contribution in [2.45, 2.75) is 0 Å². The second-order valence-corrected chi connectivity index (χ2v) is 4.06. The minimum atomic E-state index is 1.13. The van der Waals surface area contributed by atoms with Crippen LogP contribution in [-0.4, -0.2) is 4.98 Å². The highest BCUT2D eigenvalue weighted by Gasteiger charge is 1.95. The van der Waals surface area contributed by atoms with Crippen molar-refractivity contribution in [3.8, 4) is 0 Å². The van der Waals surface area contributed by atoms with Crippen molar-refractivity contribution < 1.29 is 0 Å². The summed E-state index contributed by atoms with van der Waals surface area (Å²) in [6.07, 6.45) is 4.22. The van der Waals surface area contributed by atoms with E-state index in [1.807, 2.05) is 24.3 Å². The third-order valence-electron chi connectivity index (χ3n) is 2.81. The van der Waals surface area contributed by atoms with E-state index in [9.17, 15) is 0 Å². The van der Waals surface area contributed by atoms with Gasteiger partial charge in [0.25, 0.3) is 0 Å². The molecule has 0 unspecified atom stereocenters. The second kappa shape index (κ2) is 4.30. The van der Waals surface area contributed by atoms with Gasteiger partial charge in [-0.3, -0.25) is 0 Å². The number of H-pyrrole nitrogens is 1. The first-order valence-electron chi connectivity index (χ1n) is 5.73. The topological polar surface area (TPSA) is 15.8 Å². The maximum Gasteiger partial charge on any atom is 0.0458 e. The molecule has 17 heavy (non-hydrogen) atoms. The molecule has 0 fully saturated rings. The maximum absolute atomic E-state index is 3.38. The fourth-order valence-corrected chi connectivity index (χ4v) is 1.94. The van der Waals surface area contributed by atoms with Crippen molar-refractivity contribution in [3.63, 3.8) is 0 Å². The zero-order valence-corrected chi connectivity index (χ0v) is 9.43. The molecule has 0 saturated heterocycles. The number of benzene rings is 2. The van der Waals surface area contributed by atoms with Crippen LogP contribution in [0.2, 0.25) is 0 Å². The fraction of sp³-hybridized carbons (Fsp3) is 0. The Hall–Kier alpha value is -2.28. The molecule has 3 rings (SSSR count). The minimum absolute atomic E-state index is 1.13. The van der Waals surface area contributed by atoms with Crippen molar-refractivity contribution in [1.82, 2.24) is 4.98 Å². The Morgan fingerprint density at radius 1 is 0.765 bits per heavy atom. The lowest BCUT2D eigenvalue weighted by Gasteiger charge is -1.90. The highest BCUT2D eigenvalue weighted by Crippen LogP contribution is 2.16. The van der Waals surface area contributed by atoms with E-state index >= 15 is 0 Å². The number of hydrogen-bond acceptors (Lipinski definition) is 0. The Morgan fingerprint density at radius 3 is 2.35 bits per heavy atom.